The Bertz CT molecular complexity index is 440. The van der Waals surface area contributed by atoms with Crippen LogP contribution in [-0.2, 0) is 16.6 Å². The van der Waals surface area contributed by atoms with E-state index in [4.69, 9.17) is 11.6 Å². The van der Waals surface area contributed by atoms with Crippen molar-refractivity contribution in [1.29, 1.82) is 0 Å². The summed E-state index contributed by atoms with van der Waals surface area (Å²) >= 11 is 5.76. The van der Waals surface area contributed by atoms with Crippen LogP contribution in [0, 0.1) is 0 Å². The topological polar surface area (TPSA) is 37.4 Å². The molecule has 3 nitrogen and oxygen atoms in total. The summed E-state index contributed by atoms with van der Waals surface area (Å²) in [6, 6.07) is 7.17. The quantitative estimate of drug-likeness (QED) is 0.835. The van der Waals surface area contributed by atoms with Crippen molar-refractivity contribution in [1.82, 2.24) is 4.31 Å². The third-order valence-corrected chi connectivity index (χ3v) is 4.79. The fraction of sp³-hybridized carbons (Fsp3) is 0.455. The van der Waals surface area contributed by atoms with Gasteiger partial charge in [0.2, 0.25) is 10.0 Å². The predicted octanol–water partition coefficient (Wildman–Crippen LogP) is 2.51. The molecule has 16 heavy (non-hydrogen) atoms. The van der Waals surface area contributed by atoms with E-state index in [1.165, 1.54) is 4.31 Å². The summed E-state index contributed by atoms with van der Waals surface area (Å²) in [4.78, 5) is 0. The van der Waals surface area contributed by atoms with Crippen LogP contribution in [0.1, 0.15) is 19.4 Å². The first-order chi connectivity index (χ1) is 7.34. The van der Waals surface area contributed by atoms with Gasteiger partial charge < -0.3 is 0 Å². The lowest BCUT2D eigenvalue weighted by Crippen LogP contribution is -2.32. The first kappa shape index (κ1) is 13.5. The van der Waals surface area contributed by atoms with Crippen LogP contribution in [0.15, 0.2) is 24.3 Å². The average molecular weight is 262 g/mol. The standard InChI is InChI=1S/C11H16ClNO2S/c1-9(2)16(14,15)13(3)8-10-4-6-11(12)7-5-10/h4-7,9H,8H2,1-3H3. The van der Waals surface area contributed by atoms with Crippen LogP contribution < -0.4 is 0 Å². The molecule has 0 bridgehead atoms. The second kappa shape index (κ2) is 5.17. The number of nitrogens with zero attached hydrogens (tertiary/aromatic N) is 1. The van der Waals surface area contributed by atoms with Crippen LogP contribution in [0.25, 0.3) is 0 Å². The lowest BCUT2D eigenvalue weighted by atomic mass is 10.2. The monoisotopic (exact) mass is 261 g/mol. The van der Waals surface area contributed by atoms with Crippen molar-refractivity contribution in [2.75, 3.05) is 7.05 Å². The number of sulfonamides is 1. The minimum atomic E-state index is -3.18. The Balaban J connectivity index is 2.79. The van der Waals surface area contributed by atoms with E-state index in [2.05, 4.69) is 0 Å². The van der Waals surface area contributed by atoms with E-state index in [0.717, 1.165) is 5.56 Å². The third-order valence-electron chi connectivity index (χ3n) is 2.35. The van der Waals surface area contributed by atoms with Gasteiger partial charge in [-0.1, -0.05) is 23.7 Å². The van der Waals surface area contributed by atoms with E-state index >= 15 is 0 Å². The van der Waals surface area contributed by atoms with Gasteiger partial charge in [0.1, 0.15) is 0 Å². The SMILES string of the molecule is CC(C)S(=O)(=O)N(C)Cc1ccc(Cl)cc1. The second-order valence-electron chi connectivity index (χ2n) is 3.98. The maximum absolute atomic E-state index is 11.8. The Hall–Kier alpha value is -0.580. The van der Waals surface area contributed by atoms with Gasteiger partial charge >= 0.3 is 0 Å². The lowest BCUT2D eigenvalue weighted by Gasteiger charge is -2.19. The molecular weight excluding hydrogens is 246 g/mol. The number of halogens is 1. The van der Waals surface area contributed by atoms with Crippen molar-refractivity contribution >= 4 is 21.6 Å². The highest BCUT2D eigenvalue weighted by molar-refractivity contribution is 7.89. The van der Waals surface area contributed by atoms with Crippen LogP contribution in [0.3, 0.4) is 0 Å². The van der Waals surface area contributed by atoms with Crippen LogP contribution in [0.4, 0.5) is 0 Å². The molecule has 0 aliphatic heterocycles. The molecule has 0 amide bonds. The Labute approximate surface area is 102 Å². The third kappa shape index (κ3) is 3.20. The molecule has 0 aromatic heterocycles. The van der Waals surface area contributed by atoms with Crippen molar-refractivity contribution in [2.45, 2.75) is 25.6 Å². The number of hydrogen-bond donors (Lipinski definition) is 0. The van der Waals surface area contributed by atoms with Gasteiger partial charge in [0.25, 0.3) is 0 Å². The van der Waals surface area contributed by atoms with Gasteiger partial charge in [-0.15, -0.1) is 0 Å². The fourth-order valence-corrected chi connectivity index (χ4v) is 2.47. The van der Waals surface area contributed by atoms with Gasteiger partial charge in [-0.05, 0) is 31.5 Å². The number of benzene rings is 1. The van der Waals surface area contributed by atoms with E-state index < -0.39 is 15.3 Å². The van der Waals surface area contributed by atoms with Gasteiger partial charge in [-0.3, -0.25) is 0 Å². The maximum Gasteiger partial charge on any atom is 0.216 e. The zero-order valence-electron chi connectivity index (χ0n) is 9.64. The molecule has 1 aromatic carbocycles. The number of hydrogen-bond acceptors (Lipinski definition) is 2. The molecule has 0 heterocycles. The van der Waals surface area contributed by atoms with Crippen molar-refractivity contribution in [3.8, 4) is 0 Å². The minimum Gasteiger partial charge on any atom is -0.212 e. The van der Waals surface area contributed by atoms with Gasteiger partial charge in [0, 0.05) is 18.6 Å². The minimum absolute atomic E-state index is 0.373. The molecule has 0 unspecified atom stereocenters. The summed E-state index contributed by atoms with van der Waals surface area (Å²) in [7, 11) is -1.60. The zero-order chi connectivity index (χ0) is 12.3. The van der Waals surface area contributed by atoms with E-state index in [9.17, 15) is 8.42 Å². The molecule has 0 N–H and O–H groups in total. The van der Waals surface area contributed by atoms with Gasteiger partial charge in [0.05, 0.1) is 5.25 Å². The van der Waals surface area contributed by atoms with Crippen LogP contribution in [0.5, 0.6) is 0 Å². The molecular formula is C11H16ClNO2S. The van der Waals surface area contributed by atoms with E-state index in [-0.39, 0.29) is 0 Å². The molecule has 1 aromatic rings. The van der Waals surface area contributed by atoms with Crippen LogP contribution >= 0.6 is 11.6 Å². The fourth-order valence-electron chi connectivity index (χ4n) is 1.30. The largest absolute Gasteiger partial charge is 0.216 e. The Morgan fingerprint density at radius 2 is 1.75 bits per heavy atom. The molecule has 0 spiro atoms. The van der Waals surface area contributed by atoms with E-state index in [1.54, 1.807) is 33.0 Å². The first-order valence-electron chi connectivity index (χ1n) is 5.03. The van der Waals surface area contributed by atoms with Crippen molar-refractivity contribution in [3.05, 3.63) is 34.9 Å². The zero-order valence-corrected chi connectivity index (χ0v) is 11.2. The van der Waals surface area contributed by atoms with Crippen molar-refractivity contribution < 1.29 is 8.42 Å². The molecule has 90 valence electrons. The second-order valence-corrected chi connectivity index (χ2v) is 7.01. The van der Waals surface area contributed by atoms with Gasteiger partial charge in [0.15, 0.2) is 0 Å². The molecule has 5 heteroatoms. The first-order valence-corrected chi connectivity index (χ1v) is 6.91. The molecule has 0 fully saturated rings. The highest BCUT2D eigenvalue weighted by atomic mass is 35.5. The van der Waals surface area contributed by atoms with E-state index in [0.29, 0.717) is 11.6 Å². The molecule has 0 radical (unpaired) electrons. The highest BCUT2D eigenvalue weighted by Gasteiger charge is 2.21. The summed E-state index contributed by atoms with van der Waals surface area (Å²) in [5, 5.41) is 0.253. The predicted molar refractivity (Wildman–Crippen MR) is 67.0 cm³/mol. The Morgan fingerprint density at radius 3 is 2.19 bits per heavy atom. The van der Waals surface area contributed by atoms with Crippen molar-refractivity contribution in [3.63, 3.8) is 0 Å². The van der Waals surface area contributed by atoms with Crippen molar-refractivity contribution in [2.24, 2.45) is 0 Å². The van der Waals surface area contributed by atoms with Gasteiger partial charge in [-0.2, -0.15) is 0 Å². The number of rotatable bonds is 4. The summed E-state index contributed by atoms with van der Waals surface area (Å²) < 4.78 is 25.0. The summed E-state index contributed by atoms with van der Waals surface area (Å²) in [6.45, 7) is 3.72. The Kier molecular flexibility index (Phi) is 4.35. The smallest absolute Gasteiger partial charge is 0.212 e. The summed E-state index contributed by atoms with van der Waals surface area (Å²) in [5.74, 6) is 0. The summed E-state index contributed by atoms with van der Waals surface area (Å²) in [6.07, 6.45) is 0. The molecule has 0 saturated carbocycles. The lowest BCUT2D eigenvalue weighted by molar-refractivity contribution is 0.459. The molecule has 0 atom stereocenters. The molecule has 0 saturated heterocycles. The summed E-state index contributed by atoms with van der Waals surface area (Å²) in [5.41, 5.74) is 0.927. The molecule has 0 aliphatic rings. The van der Waals surface area contributed by atoms with Gasteiger partial charge in [-0.25, -0.2) is 12.7 Å². The maximum atomic E-state index is 11.8. The highest BCUT2D eigenvalue weighted by Crippen LogP contribution is 2.14. The molecule has 1 rings (SSSR count). The Morgan fingerprint density at radius 1 is 1.25 bits per heavy atom. The molecule has 0 aliphatic carbocycles. The van der Waals surface area contributed by atoms with Crippen LogP contribution in [0.2, 0.25) is 5.02 Å². The average Bonchev–Trinajstić information content (AvgIpc) is 2.21. The normalized spacial score (nSPS) is 12.4. The van der Waals surface area contributed by atoms with Crippen LogP contribution in [-0.4, -0.2) is 25.0 Å². The van der Waals surface area contributed by atoms with E-state index in [1.807, 2.05) is 12.1 Å².